The number of rotatable bonds is 2. The number of hydrogen-bond donors (Lipinski definition) is 1. The zero-order chi connectivity index (χ0) is 10.8. The number of carbonyl (C=O) groups excluding carboxylic acids is 1. The molecule has 0 saturated heterocycles. The van der Waals surface area contributed by atoms with Crippen molar-refractivity contribution in [3.05, 3.63) is 35.0 Å². The van der Waals surface area contributed by atoms with Gasteiger partial charge in [0.25, 0.3) is 5.91 Å². The average molecular weight is 223 g/mol. The van der Waals surface area contributed by atoms with Crippen LogP contribution in [0.15, 0.2) is 24.3 Å². The van der Waals surface area contributed by atoms with Crippen molar-refractivity contribution in [2.75, 3.05) is 6.54 Å². The molecule has 2 aromatic rings. The van der Waals surface area contributed by atoms with Gasteiger partial charge in [-0.3, -0.25) is 4.79 Å². The van der Waals surface area contributed by atoms with Gasteiger partial charge in [-0.25, -0.2) is 4.39 Å². The molecule has 1 aromatic carbocycles. The maximum absolute atomic E-state index is 12.9. The van der Waals surface area contributed by atoms with Gasteiger partial charge in [-0.1, -0.05) is 6.07 Å². The van der Waals surface area contributed by atoms with Gasteiger partial charge in [-0.05, 0) is 30.5 Å². The first-order chi connectivity index (χ1) is 7.20. The third kappa shape index (κ3) is 1.99. The first-order valence-electron chi connectivity index (χ1n) is 4.68. The zero-order valence-corrected chi connectivity index (χ0v) is 9.03. The van der Waals surface area contributed by atoms with E-state index in [-0.39, 0.29) is 11.7 Å². The number of amides is 1. The summed E-state index contributed by atoms with van der Waals surface area (Å²) in [7, 11) is 0. The summed E-state index contributed by atoms with van der Waals surface area (Å²) in [6.07, 6.45) is 0. The second kappa shape index (κ2) is 3.98. The fourth-order valence-electron chi connectivity index (χ4n) is 1.36. The van der Waals surface area contributed by atoms with Crippen LogP contribution in [0.3, 0.4) is 0 Å². The monoisotopic (exact) mass is 223 g/mol. The second-order valence-electron chi connectivity index (χ2n) is 3.15. The van der Waals surface area contributed by atoms with Gasteiger partial charge in [0.2, 0.25) is 0 Å². The van der Waals surface area contributed by atoms with Crippen LogP contribution in [0.5, 0.6) is 0 Å². The Labute approximate surface area is 90.7 Å². The molecule has 0 radical (unpaired) electrons. The Morgan fingerprint density at radius 3 is 3.00 bits per heavy atom. The Hall–Kier alpha value is -1.42. The number of nitrogens with one attached hydrogen (secondary N) is 1. The van der Waals surface area contributed by atoms with Gasteiger partial charge in [0.15, 0.2) is 0 Å². The van der Waals surface area contributed by atoms with E-state index in [1.807, 2.05) is 6.92 Å². The summed E-state index contributed by atoms with van der Waals surface area (Å²) in [5.41, 5.74) is 0. The number of benzene rings is 1. The van der Waals surface area contributed by atoms with Crippen LogP contribution < -0.4 is 5.32 Å². The number of thiophene rings is 1. The molecule has 1 amide bonds. The molecule has 0 saturated carbocycles. The van der Waals surface area contributed by atoms with Gasteiger partial charge in [0, 0.05) is 11.2 Å². The number of hydrogen-bond acceptors (Lipinski definition) is 2. The van der Waals surface area contributed by atoms with Crippen LogP contribution >= 0.6 is 11.3 Å². The highest BCUT2D eigenvalue weighted by Crippen LogP contribution is 2.26. The standard InChI is InChI=1S/C11H10FNOS/c1-2-13-11(14)10-5-7-3-4-8(12)6-9(7)15-10/h3-6H,2H2,1H3,(H,13,14). The van der Waals surface area contributed by atoms with E-state index >= 15 is 0 Å². The van der Waals surface area contributed by atoms with Crippen LogP contribution in [0.25, 0.3) is 10.1 Å². The summed E-state index contributed by atoms with van der Waals surface area (Å²) in [4.78, 5) is 12.1. The Morgan fingerprint density at radius 2 is 2.27 bits per heavy atom. The van der Waals surface area contributed by atoms with Crippen molar-refractivity contribution >= 4 is 27.3 Å². The predicted molar refractivity (Wildman–Crippen MR) is 59.8 cm³/mol. The number of halogens is 1. The maximum atomic E-state index is 12.9. The van der Waals surface area contributed by atoms with Gasteiger partial charge in [0.1, 0.15) is 5.82 Å². The average Bonchev–Trinajstić information content (AvgIpc) is 2.60. The van der Waals surface area contributed by atoms with Crippen LogP contribution in [0.4, 0.5) is 4.39 Å². The molecular weight excluding hydrogens is 213 g/mol. The second-order valence-corrected chi connectivity index (χ2v) is 4.24. The Kier molecular flexibility index (Phi) is 2.68. The van der Waals surface area contributed by atoms with E-state index in [0.29, 0.717) is 11.4 Å². The molecule has 1 aromatic heterocycles. The van der Waals surface area contributed by atoms with Crippen molar-refractivity contribution in [1.82, 2.24) is 5.32 Å². The van der Waals surface area contributed by atoms with E-state index in [1.165, 1.54) is 23.5 Å². The molecule has 4 heteroatoms. The highest BCUT2D eigenvalue weighted by atomic mass is 32.1. The van der Waals surface area contributed by atoms with Gasteiger partial charge in [0.05, 0.1) is 4.88 Å². The third-order valence-corrected chi connectivity index (χ3v) is 3.14. The molecule has 15 heavy (non-hydrogen) atoms. The largest absolute Gasteiger partial charge is 0.352 e. The lowest BCUT2D eigenvalue weighted by Gasteiger charge is -1.95. The molecule has 78 valence electrons. The van der Waals surface area contributed by atoms with Crippen molar-refractivity contribution in [2.45, 2.75) is 6.92 Å². The lowest BCUT2D eigenvalue weighted by Crippen LogP contribution is -2.21. The van der Waals surface area contributed by atoms with E-state index < -0.39 is 0 Å². The highest BCUT2D eigenvalue weighted by molar-refractivity contribution is 7.20. The molecule has 1 N–H and O–H groups in total. The Balaban J connectivity index is 2.42. The Bertz CT molecular complexity index is 506. The molecule has 0 fully saturated rings. The molecule has 1 heterocycles. The van der Waals surface area contributed by atoms with Crippen LogP contribution in [-0.2, 0) is 0 Å². The fourth-order valence-corrected chi connectivity index (χ4v) is 2.37. The van der Waals surface area contributed by atoms with E-state index in [1.54, 1.807) is 12.1 Å². The minimum atomic E-state index is -0.271. The molecule has 0 spiro atoms. The number of carbonyl (C=O) groups is 1. The summed E-state index contributed by atoms with van der Waals surface area (Å²) in [6.45, 7) is 2.46. The SMILES string of the molecule is CCNC(=O)c1cc2ccc(F)cc2s1. The smallest absolute Gasteiger partial charge is 0.261 e. The summed E-state index contributed by atoms with van der Waals surface area (Å²) >= 11 is 1.31. The highest BCUT2D eigenvalue weighted by Gasteiger charge is 2.09. The predicted octanol–water partition coefficient (Wildman–Crippen LogP) is 2.79. The molecule has 0 aliphatic carbocycles. The van der Waals surface area contributed by atoms with Crippen LogP contribution in [0.1, 0.15) is 16.6 Å². The maximum Gasteiger partial charge on any atom is 0.261 e. The zero-order valence-electron chi connectivity index (χ0n) is 8.21. The lowest BCUT2D eigenvalue weighted by molar-refractivity contribution is 0.0960. The lowest BCUT2D eigenvalue weighted by atomic mass is 10.2. The third-order valence-electron chi connectivity index (χ3n) is 2.04. The minimum Gasteiger partial charge on any atom is -0.352 e. The first kappa shape index (κ1) is 10.1. The van der Waals surface area contributed by atoms with Crippen molar-refractivity contribution in [1.29, 1.82) is 0 Å². The van der Waals surface area contributed by atoms with E-state index in [9.17, 15) is 9.18 Å². The summed E-state index contributed by atoms with van der Waals surface area (Å²) in [5, 5.41) is 3.62. The van der Waals surface area contributed by atoms with E-state index in [0.717, 1.165) is 10.1 Å². The first-order valence-corrected chi connectivity index (χ1v) is 5.49. The van der Waals surface area contributed by atoms with Gasteiger partial charge < -0.3 is 5.32 Å². The molecule has 0 aliphatic rings. The summed E-state index contributed by atoms with van der Waals surface area (Å²) < 4.78 is 13.7. The normalized spacial score (nSPS) is 10.5. The van der Waals surface area contributed by atoms with Crippen LogP contribution in [-0.4, -0.2) is 12.5 Å². The van der Waals surface area contributed by atoms with Crippen molar-refractivity contribution in [2.24, 2.45) is 0 Å². The summed E-state index contributed by atoms with van der Waals surface area (Å²) in [5.74, 6) is -0.370. The van der Waals surface area contributed by atoms with Crippen LogP contribution in [0, 0.1) is 5.82 Å². The molecule has 0 aliphatic heterocycles. The molecule has 0 atom stereocenters. The molecular formula is C11H10FNOS. The Morgan fingerprint density at radius 1 is 1.47 bits per heavy atom. The van der Waals surface area contributed by atoms with Gasteiger partial charge in [-0.15, -0.1) is 11.3 Å². The summed E-state index contributed by atoms with van der Waals surface area (Å²) in [6, 6.07) is 6.31. The van der Waals surface area contributed by atoms with Gasteiger partial charge in [-0.2, -0.15) is 0 Å². The van der Waals surface area contributed by atoms with Crippen LogP contribution in [0.2, 0.25) is 0 Å². The molecule has 0 unspecified atom stereocenters. The minimum absolute atomic E-state index is 0.0980. The van der Waals surface area contributed by atoms with Crippen molar-refractivity contribution < 1.29 is 9.18 Å². The molecule has 2 rings (SSSR count). The van der Waals surface area contributed by atoms with E-state index in [4.69, 9.17) is 0 Å². The topological polar surface area (TPSA) is 29.1 Å². The number of fused-ring (bicyclic) bond motifs is 1. The van der Waals surface area contributed by atoms with Gasteiger partial charge >= 0.3 is 0 Å². The molecule has 2 nitrogen and oxygen atoms in total. The molecule has 0 bridgehead atoms. The van der Waals surface area contributed by atoms with E-state index in [2.05, 4.69) is 5.32 Å². The quantitative estimate of drug-likeness (QED) is 0.833. The van der Waals surface area contributed by atoms with Crippen molar-refractivity contribution in [3.8, 4) is 0 Å². The fraction of sp³-hybridized carbons (Fsp3) is 0.182. The van der Waals surface area contributed by atoms with Crippen molar-refractivity contribution in [3.63, 3.8) is 0 Å².